The van der Waals surface area contributed by atoms with E-state index in [4.69, 9.17) is 22.4 Å². The average Bonchev–Trinajstić information content (AvgIpc) is 2.09. The van der Waals surface area contributed by atoms with Crippen molar-refractivity contribution >= 4 is 11.6 Å². The minimum atomic E-state index is -0.761. The number of benzene rings is 1. The van der Waals surface area contributed by atoms with Crippen LogP contribution in [0.5, 0.6) is 0 Å². The Morgan fingerprint density at radius 2 is 2.15 bits per heavy atom. The number of aryl methyl sites for hydroxylation is 1. The SMILES string of the molecule is Cc1ccc(Cl)c([C@@](C)(N)CO)c1. The highest BCUT2D eigenvalue weighted by Gasteiger charge is 2.22. The zero-order valence-corrected chi connectivity index (χ0v) is 8.60. The van der Waals surface area contributed by atoms with Crippen LogP contribution in [0.2, 0.25) is 5.02 Å². The topological polar surface area (TPSA) is 46.2 Å². The third-order valence-electron chi connectivity index (χ3n) is 2.07. The van der Waals surface area contributed by atoms with Gasteiger partial charge in [-0.05, 0) is 25.5 Å². The van der Waals surface area contributed by atoms with Crippen LogP contribution in [-0.2, 0) is 5.54 Å². The van der Waals surface area contributed by atoms with Crippen LogP contribution in [0.15, 0.2) is 18.2 Å². The number of nitrogens with two attached hydrogens (primary N) is 1. The number of rotatable bonds is 2. The Balaban J connectivity index is 3.20. The first-order valence-electron chi connectivity index (χ1n) is 4.14. The summed E-state index contributed by atoms with van der Waals surface area (Å²) in [5.41, 5.74) is 6.99. The van der Waals surface area contributed by atoms with Crippen LogP contribution in [0.4, 0.5) is 0 Å². The van der Waals surface area contributed by atoms with Gasteiger partial charge in [0, 0.05) is 5.02 Å². The maximum atomic E-state index is 9.08. The molecule has 1 aromatic carbocycles. The molecule has 0 aliphatic rings. The zero-order chi connectivity index (χ0) is 10.1. The van der Waals surface area contributed by atoms with Gasteiger partial charge < -0.3 is 10.8 Å². The Bertz CT molecular complexity index is 310. The average molecular weight is 200 g/mol. The summed E-state index contributed by atoms with van der Waals surface area (Å²) < 4.78 is 0. The minimum absolute atomic E-state index is 0.115. The number of aliphatic hydroxyl groups excluding tert-OH is 1. The summed E-state index contributed by atoms with van der Waals surface area (Å²) in [7, 11) is 0. The summed E-state index contributed by atoms with van der Waals surface area (Å²) in [5, 5.41) is 9.68. The molecule has 72 valence electrons. The molecule has 0 bridgehead atoms. The Kier molecular flexibility index (Phi) is 2.96. The van der Waals surface area contributed by atoms with Crippen LogP contribution < -0.4 is 5.73 Å². The van der Waals surface area contributed by atoms with Crippen LogP contribution in [0.1, 0.15) is 18.1 Å². The van der Waals surface area contributed by atoms with Crippen molar-refractivity contribution in [1.29, 1.82) is 0 Å². The molecule has 0 saturated carbocycles. The van der Waals surface area contributed by atoms with Crippen LogP contribution in [0.25, 0.3) is 0 Å². The fourth-order valence-corrected chi connectivity index (χ4v) is 1.50. The van der Waals surface area contributed by atoms with E-state index in [0.717, 1.165) is 11.1 Å². The fraction of sp³-hybridized carbons (Fsp3) is 0.400. The molecular weight excluding hydrogens is 186 g/mol. The van der Waals surface area contributed by atoms with E-state index in [-0.39, 0.29) is 6.61 Å². The van der Waals surface area contributed by atoms with Crippen molar-refractivity contribution in [3.8, 4) is 0 Å². The molecule has 1 aromatic rings. The fourth-order valence-electron chi connectivity index (χ4n) is 1.16. The molecule has 2 nitrogen and oxygen atoms in total. The maximum absolute atomic E-state index is 9.08. The van der Waals surface area contributed by atoms with E-state index in [1.54, 1.807) is 13.0 Å². The molecule has 1 atom stereocenters. The van der Waals surface area contributed by atoms with Gasteiger partial charge in [-0.15, -0.1) is 0 Å². The third kappa shape index (κ3) is 2.21. The smallest absolute Gasteiger partial charge is 0.0651 e. The summed E-state index contributed by atoms with van der Waals surface area (Å²) >= 11 is 5.97. The summed E-state index contributed by atoms with van der Waals surface area (Å²) in [6.07, 6.45) is 0. The molecule has 0 saturated heterocycles. The number of halogens is 1. The van der Waals surface area contributed by atoms with Gasteiger partial charge in [0.1, 0.15) is 0 Å². The third-order valence-corrected chi connectivity index (χ3v) is 2.40. The lowest BCUT2D eigenvalue weighted by Gasteiger charge is -2.23. The molecule has 0 radical (unpaired) electrons. The van der Waals surface area contributed by atoms with Crippen molar-refractivity contribution in [2.24, 2.45) is 5.73 Å². The van der Waals surface area contributed by atoms with Crippen LogP contribution in [0, 0.1) is 6.92 Å². The van der Waals surface area contributed by atoms with Gasteiger partial charge in [0.2, 0.25) is 0 Å². The summed E-state index contributed by atoms with van der Waals surface area (Å²) in [6, 6.07) is 5.62. The molecule has 1 rings (SSSR count). The predicted octanol–water partition coefficient (Wildman–Crippen LogP) is 1.81. The largest absolute Gasteiger partial charge is 0.394 e. The maximum Gasteiger partial charge on any atom is 0.0651 e. The van der Waals surface area contributed by atoms with Gasteiger partial charge in [-0.3, -0.25) is 0 Å². The van der Waals surface area contributed by atoms with Crippen molar-refractivity contribution in [1.82, 2.24) is 0 Å². The highest BCUT2D eigenvalue weighted by atomic mass is 35.5. The standard InChI is InChI=1S/C10H14ClNO/c1-7-3-4-9(11)8(5-7)10(2,12)6-13/h3-5,13H,6,12H2,1-2H3/t10-/m0/s1. The molecule has 0 unspecified atom stereocenters. The molecular formula is C10H14ClNO. The highest BCUT2D eigenvalue weighted by molar-refractivity contribution is 6.31. The molecule has 0 heterocycles. The van der Waals surface area contributed by atoms with Crippen molar-refractivity contribution in [2.75, 3.05) is 6.61 Å². The Hall–Kier alpha value is -0.570. The lowest BCUT2D eigenvalue weighted by Crippen LogP contribution is -2.37. The highest BCUT2D eigenvalue weighted by Crippen LogP contribution is 2.26. The van der Waals surface area contributed by atoms with E-state index in [1.807, 2.05) is 19.1 Å². The van der Waals surface area contributed by atoms with Gasteiger partial charge in [-0.1, -0.05) is 29.3 Å². The van der Waals surface area contributed by atoms with Gasteiger partial charge in [-0.2, -0.15) is 0 Å². The van der Waals surface area contributed by atoms with E-state index in [1.165, 1.54) is 0 Å². The molecule has 0 spiro atoms. The van der Waals surface area contributed by atoms with Gasteiger partial charge >= 0.3 is 0 Å². The first-order valence-corrected chi connectivity index (χ1v) is 4.51. The van der Waals surface area contributed by atoms with E-state index >= 15 is 0 Å². The molecule has 0 amide bonds. The number of hydrogen-bond donors (Lipinski definition) is 2. The summed E-state index contributed by atoms with van der Waals surface area (Å²) in [6.45, 7) is 3.61. The van der Waals surface area contributed by atoms with Crippen molar-refractivity contribution < 1.29 is 5.11 Å². The first kappa shape index (κ1) is 10.5. The normalized spacial score (nSPS) is 15.5. The molecule has 0 aromatic heterocycles. The first-order chi connectivity index (χ1) is 5.97. The second kappa shape index (κ2) is 3.66. The molecule has 0 fully saturated rings. The lowest BCUT2D eigenvalue weighted by molar-refractivity contribution is 0.210. The Labute approximate surface area is 83.3 Å². The van der Waals surface area contributed by atoms with Crippen molar-refractivity contribution in [3.63, 3.8) is 0 Å². The van der Waals surface area contributed by atoms with E-state index in [0.29, 0.717) is 5.02 Å². The summed E-state index contributed by atoms with van der Waals surface area (Å²) in [4.78, 5) is 0. The molecule has 3 heteroatoms. The van der Waals surface area contributed by atoms with Gasteiger partial charge in [-0.25, -0.2) is 0 Å². The second-order valence-corrected chi connectivity index (χ2v) is 3.97. The minimum Gasteiger partial charge on any atom is -0.394 e. The number of aliphatic hydroxyl groups is 1. The van der Waals surface area contributed by atoms with Crippen LogP contribution in [0.3, 0.4) is 0 Å². The Morgan fingerprint density at radius 3 is 2.69 bits per heavy atom. The molecule has 13 heavy (non-hydrogen) atoms. The van der Waals surface area contributed by atoms with Crippen molar-refractivity contribution in [2.45, 2.75) is 19.4 Å². The second-order valence-electron chi connectivity index (χ2n) is 3.56. The van der Waals surface area contributed by atoms with Crippen molar-refractivity contribution in [3.05, 3.63) is 34.3 Å². The van der Waals surface area contributed by atoms with Gasteiger partial charge in [0.05, 0.1) is 12.1 Å². The molecule has 0 aliphatic carbocycles. The zero-order valence-electron chi connectivity index (χ0n) is 7.84. The van der Waals surface area contributed by atoms with Gasteiger partial charge in [0.15, 0.2) is 0 Å². The molecule has 0 aliphatic heterocycles. The monoisotopic (exact) mass is 199 g/mol. The Morgan fingerprint density at radius 1 is 1.54 bits per heavy atom. The van der Waals surface area contributed by atoms with Gasteiger partial charge in [0.25, 0.3) is 0 Å². The molecule has 3 N–H and O–H groups in total. The van der Waals surface area contributed by atoms with Crippen LogP contribution in [-0.4, -0.2) is 11.7 Å². The summed E-state index contributed by atoms with van der Waals surface area (Å²) in [5.74, 6) is 0. The van der Waals surface area contributed by atoms with E-state index < -0.39 is 5.54 Å². The van der Waals surface area contributed by atoms with E-state index in [9.17, 15) is 0 Å². The van der Waals surface area contributed by atoms with Crippen LogP contribution >= 0.6 is 11.6 Å². The lowest BCUT2D eigenvalue weighted by atomic mass is 9.93. The van der Waals surface area contributed by atoms with E-state index in [2.05, 4.69) is 0 Å². The number of hydrogen-bond acceptors (Lipinski definition) is 2. The quantitative estimate of drug-likeness (QED) is 0.763. The predicted molar refractivity (Wildman–Crippen MR) is 54.8 cm³/mol.